The van der Waals surface area contributed by atoms with Crippen molar-refractivity contribution in [2.24, 2.45) is 10.9 Å². The lowest BCUT2D eigenvalue weighted by molar-refractivity contribution is -0.137. The lowest BCUT2D eigenvalue weighted by atomic mass is 10.2. The van der Waals surface area contributed by atoms with Gasteiger partial charge in [0, 0.05) is 5.92 Å². The molecule has 0 amide bonds. The first-order chi connectivity index (χ1) is 13.4. The Morgan fingerprint density at radius 3 is 2.61 bits per heavy atom. The average Bonchev–Trinajstić information content (AvgIpc) is 3.07. The molecular formula is C17H15F3N6OS. The summed E-state index contributed by atoms with van der Waals surface area (Å²) in [4.78, 5) is 8.72. The van der Waals surface area contributed by atoms with Gasteiger partial charge in [-0.1, -0.05) is 16.3 Å². The predicted molar refractivity (Wildman–Crippen MR) is 97.8 cm³/mol. The molecule has 28 heavy (non-hydrogen) atoms. The Kier molecular flexibility index (Phi) is 3.85. The van der Waals surface area contributed by atoms with E-state index >= 15 is 0 Å². The quantitative estimate of drug-likeness (QED) is 0.649. The third-order valence-corrected chi connectivity index (χ3v) is 7.14. The fourth-order valence-corrected chi connectivity index (χ4v) is 5.52. The van der Waals surface area contributed by atoms with Crippen LogP contribution in [0.5, 0.6) is 0 Å². The van der Waals surface area contributed by atoms with Gasteiger partial charge >= 0.3 is 6.18 Å². The molecule has 0 saturated heterocycles. The van der Waals surface area contributed by atoms with E-state index in [0.29, 0.717) is 17.3 Å². The molecule has 2 aromatic heterocycles. The van der Waals surface area contributed by atoms with E-state index in [4.69, 9.17) is 0 Å². The zero-order chi connectivity index (χ0) is 19.5. The lowest BCUT2D eigenvalue weighted by Crippen LogP contribution is -2.12. The van der Waals surface area contributed by atoms with Crippen LogP contribution in [-0.2, 0) is 6.18 Å². The van der Waals surface area contributed by atoms with E-state index in [1.54, 1.807) is 12.5 Å². The summed E-state index contributed by atoms with van der Waals surface area (Å²) in [5, 5.41) is 20.0. The number of aromatic nitrogens is 5. The minimum absolute atomic E-state index is 0.348. The van der Waals surface area contributed by atoms with E-state index in [0.717, 1.165) is 35.8 Å². The van der Waals surface area contributed by atoms with Crippen LogP contribution < -0.4 is 0 Å². The number of aliphatic hydroxyl groups is 1. The molecule has 0 radical (unpaired) electrons. The molecule has 2 aliphatic rings. The Morgan fingerprint density at radius 2 is 1.93 bits per heavy atom. The maximum atomic E-state index is 12.7. The van der Waals surface area contributed by atoms with Crippen LogP contribution in [0.15, 0.2) is 48.0 Å². The Bertz CT molecular complexity index is 1050. The number of alkyl halides is 3. The molecular weight excluding hydrogens is 393 g/mol. The van der Waals surface area contributed by atoms with Crippen LogP contribution in [0, 0.1) is 5.92 Å². The first kappa shape index (κ1) is 17.4. The second-order valence-electron chi connectivity index (χ2n) is 6.69. The zero-order valence-electron chi connectivity index (χ0n) is 14.3. The summed E-state index contributed by atoms with van der Waals surface area (Å²) in [6, 6.07) is 4.62. The predicted octanol–water partition coefficient (Wildman–Crippen LogP) is 3.39. The SMILES string of the molecule is OC(c1cn(-c2ccc(C(F)(F)F)cc2)nn1)[SH]1C(C2CC2)=Nc2cncn21. The topological polar surface area (TPSA) is 81.1 Å². The molecule has 1 aliphatic carbocycles. The highest BCUT2D eigenvalue weighted by Crippen LogP contribution is 2.55. The smallest absolute Gasteiger partial charge is 0.376 e. The molecule has 1 saturated carbocycles. The molecule has 3 heterocycles. The lowest BCUT2D eigenvalue weighted by Gasteiger charge is -2.24. The first-order valence-electron chi connectivity index (χ1n) is 8.60. The van der Waals surface area contributed by atoms with Crippen molar-refractivity contribution in [3.63, 3.8) is 0 Å². The minimum Gasteiger partial charge on any atom is -0.376 e. The van der Waals surface area contributed by atoms with E-state index in [1.165, 1.54) is 23.0 Å². The molecule has 1 aromatic carbocycles. The first-order valence-corrected chi connectivity index (χ1v) is 9.96. The van der Waals surface area contributed by atoms with Crippen LogP contribution in [0.1, 0.15) is 29.5 Å². The molecule has 0 spiro atoms. The van der Waals surface area contributed by atoms with Crippen LogP contribution in [0.2, 0.25) is 0 Å². The van der Waals surface area contributed by atoms with Gasteiger partial charge in [0.1, 0.15) is 17.5 Å². The number of hydrogen-bond acceptors (Lipinski definition) is 5. The summed E-state index contributed by atoms with van der Waals surface area (Å²) in [6.45, 7) is 0. The molecule has 1 fully saturated rings. The highest BCUT2D eigenvalue weighted by Gasteiger charge is 2.40. The standard InChI is InChI=1S/C17H15F3N6OS/c18-17(19,20)11-3-5-12(6-4-11)25-8-13(23-24-25)16(27)28-15(10-1-2-10)22-14-7-21-9-26(14)28/h3-10,16,27-28H,1-2H2. The number of rotatable bonds is 4. The van der Waals surface area contributed by atoms with Crippen molar-refractivity contribution < 1.29 is 18.3 Å². The Balaban J connectivity index is 1.42. The van der Waals surface area contributed by atoms with Gasteiger partial charge in [-0.05, 0) is 37.1 Å². The van der Waals surface area contributed by atoms with Crippen molar-refractivity contribution >= 4 is 21.9 Å². The molecule has 0 bridgehead atoms. The van der Waals surface area contributed by atoms with Crippen molar-refractivity contribution in [1.82, 2.24) is 24.0 Å². The molecule has 3 aromatic rings. The summed E-state index contributed by atoms with van der Waals surface area (Å²) in [5.74, 6) is 1.10. The van der Waals surface area contributed by atoms with Crippen molar-refractivity contribution in [2.45, 2.75) is 24.5 Å². The van der Waals surface area contributed by atoms with Gasteiger partial charge in [0.15, 0.2) is 5.82 Å². The number of benzene rings is 1. The molecule has 2 atom stereocenters. The third-order valence-electron chi connectivity index (χ3n) is 4.71. The number of aliphatic hydroxyl groups excluding tert-OH is 1. The summed E-state index contributed by atoms with van der Waals surface area (Å²) in [7, 11) is 0. The summed E-state index contributed by atoms with van der Waals surface area (Å²) in [5.41, 5.74) is -0.879. The molecule has 11 heteroatoms. The fourth-order valence-electron chi connectivity index (χ4n) is 3.12. The van der Waals surface area contributed by atoms with E-state index in [1.807, 2.05) is 3.97 Å². The second-order valence-corrected chi connectivity index (χ2v) is 8.76. The van der Waals surface area contributed by atoms with Crippen molar-refractivity contribution in [1.29, 1.82) is 0 Å². The maximum Gasteiger partial charge on any atom is 0.416 e. The normalized spacial score (nSPS) is 21.4. The van der Waals surface area contributed by atoms with Gasteiger partial charge in [-0.15, -0.1) is 5.10 Å². The number of halogens is 3. The van der Waals surface area contributed by atoms with Crippen LogP contribution >= 0.6 is 11.1 Å². The average molecular weight is 408 g/mol. The van der Waals surface area contributed by atoms with Crippen molar-refractivity contribution in [3.8, 4) is 5.69 Å². The summed E-state index contributed by atoms with van der Waals surface area (Å²) in [6.07, 6.45) is 2.57. The number of thiol groups is 1. The number of aliphatic imine (C=N–C) groups is 1. The number of imidazole rings is 1. The Hall–Kier alpha value is -2.66. The van der Waals surface area contributed by atoms with Gasteiger partial charge < -0.3 is 5.11 Å². The Morgan fingerprint density at radius 1 is 1.18 bits per heavy atom. The molecule has 1 aliphatic heterocycles. The van der Waals surface area contributed by atoms with E-state index in [9.17, 15) is 18.3 Å². The largest absolute Gasteiger partial charge is 0.416 e. The van der Waals surface area contributed by atoms with Crippen LogP contribution in [0.3, 0.4) is 0 Å². The zero-order valence-corrected chi connectivity index (χ0v) is 15.2. The molecule has 1 N–H and O–H groups in total. The highest BCUT2D eigenvalue weighted by molar-refractivity contribution is 8.29. The Labute approximate surface area is 160 Å². The van der Waals surface area contributed by atoms with Gasteiger partial charge in [0.25, 0.3) is 0 Å². The molecule has 146 valence electrons. The van der Waals surface area contributed by atoms with Gasteiger partial charge in [-0.25, -0.2) is 14.7 Å². The van der Waals surface area contributed by atoms with E-state index in [2.05, 4.69) is 20.3 Å². The molecule has 5 rings (SSSR count). The maximum absolute atomic E-state index is 12.7. The summed E-state index contributed by atoms with van der Waals surface area (Å²) < 4.78 is 41.4. The van der Waals surface area contributed by atoms with Gasteiger partial charge in [-0.3, -0.25) is 3.97 Å². The number of hydrogen-bond donors (Lipinski definition) is 2. The van der Waals surface area contributed by atoms with E-state index in [-0.39, 0.29) is 0 Å². The van der Waals surface area contributed by atoms with E-state index < -0.39 is 28.3 Å². The van der Waals surface area contributed by atoms with Gasteiger partial charge in [0.05, 0.1) is 28.7 Å². The monoisotopic (exact) mass is 408 g/mol. The number of nitrogens with zero attached hydrogens (tertiary/aromatic N) is 6. The molecule has 2 unspecified atom stereocenters. The van der Waals surface area contributed by atoms with Crippen LogP contribution in [-0.4, -0.2) is 34.1 Å². The van der Waals surface area contributed by atoms with Crippen LogP contribution in [0.25, 0.3) is 5.69 Å². The minimum atomic E-state index is -4.39. The highest BCUT2D eigenvalue weighted by atomic mass is 32.2. The van der Waals surface area contributed by atoms with Crippen LogP contribution in [0.4, 0.5) is 19.0 Å². The third kappa shape index (κ3) is 2.90. The van der Waals surface area contributed by atoms with Crippen molar-refractivity contribution in [3.05, 3.63) is 54.2 Å². The second kappa shape index (κ2) is 6.17. The van der Waals surface area contributed by atoms with Gasteiger partial charge in [-0.2, -0.15) is 13.2 Å². The van der Waals surface area contributed by atoms with Crippen molar-refractivity contribution in [2.75, 3.05) is 0 Å². The summed E-state index contributed by atoms with van der Waals surface area (Å²) >= 11 is -1.18. The number of fused-ring (bicyclic) bond motifs is 1. The fraction of sp³-hybridized carbons (Fsp3) is 0.294. The van der Waals surface area contributed by atoms with Gasteiger partial charge in [0.2, 0.25) is 0 Å². The molecule has 7 nitrogen and oxygen atoms in total.